The van der Waals surface area contributed by atoms with E-state index < -0.39 is 7.82 Å². The van der Waals surface area contributed by atoms with Crippen molar-refractivity contribution < 1.29 is 39.7 Å². The molecule has 6 heteroatoms. The normalized spacial score (nSPS) is 9.90. The van der Waals surface area contributed by atoms with Crippen LogP contribution in [0, 0.1) is 0 Å². The average molecular weight is 203 g/mol. The van der Waals surface area contributed by atoms with Crippen LogP contribution in [0.2, 0.25) is 4.73 Å². The Hall–Kier alpha value is 0.824. The van der Waals surface area contributed by atoms with Crippen molar-refractivity contribution in [1.29, 1.82) is 0 Å². The Balaban J connectivity index is 0. The number of phosphoric acid groups is 1. The van der Waals surface area contributed by atoms with Gasteiger partial charge >= 0.3 is 52.7 Å². The molecule has 0 aromatic heterocycles. The van der Waals surface area contributed by atoms with Gasteiger partial charge in [-0.1, -0.05) is 0 Å². The standard InChI is InChI=1S/C4H9.H3O4P.Ti/c1-3-4-2;1-5(2,3)4;/h1,3-4H2,2H3;(H3,1,2,3,4);. The summed E-state index contributed by atoms with van der Waals surface area (Å²) in [6.07, 6.45) is 2.73. The van der Waals surface area contributed by atoms with Crippen LogP contribution in [-0.2, 0) is 25.0 Å². The molecule has 0 aromatic carbocycles. The smallest absolute Gasteiger partial charge is 0.303 e. The maximum Gasteiger partial charge on any atom is 0.466 e. The van der Waals surface area contributed by atoms with Crippen LogP contribution < -0.4 is 0 Å². The molecule has 0 rings (SSSR count). The van der Waals surface area contributed by atoms with Gasteiger partial charge in [0, 0.05) is 0 Å². The molecule has 0 spiro atoms. The molecule has 0 saturated heterocycles. The Morgan fingerprint density at radius 3 is 1.70 bits per heavy atom. The first-order valence-electron chi connectivity index (χ1n) is 2.84. The van der Waals surface area contributed by atoms with Crippen LogP contribution in [0.3, 0.4) is 0 Å². The Bertz CT molecular complexity index is 91.2. The second-order valence-electron chi connectivity index (χ2n) is 1.62. The van der Waals surface area contributed by atoms with Crippen LogP contribution in [-0.4, -0.2) is 14.7 Å². The van der Waals surface area contributed by atoms with Crippen molar-refractivity contribution in [3.05, 3.63) is 0 Å². The molecule has 0 bridgehead atoms. The van der Waals surface area contributed by atoms with Gasteiger partial charge in [-0.3, -0.25) is 0 Å². The van der Waals surface area contributed by atoms with Crippen LogP contribution in [0.15, 0.2) is 0 Å². The van der Waals surface area contributed by atoms with Gasteiger partial charge in [-0.15, -0.1) is 0 Å². The summed E-state index contributed by atoms with van der Waals surface area (Å²) >= 11 is 2.21. The molecule has 0 heterocycles. The summed E-state index contributed by atoms with van der Waals surface area (Å²) in [5, 5.41) is 0. The Morgan fingerprint density at radius 2 is 1.70 bits per heavy atom. The van der Waals surface area contributed by atoms with Crippen molar-refractivity contribution in [3.63, 3.8) is 0 Å². The van der Waals surface area contributed by atoms with E-state index in [0.29, 0.717) is 0 Å². The quantitative estimate of drug-likeness (QED) is 0.458. The number of unbranched alkanes of at least 4 members (excludes halogenated alkanes) is 1. The first kappa shape index (κ1) is 13.4. The fourth-order valence-corrected chi connectivity index (χ4v) is 0.729. The summed E-state index contributed by atoms with van der Waals surface area (Å²) in [5.74, 6) is 0. The van der Waals surface area contributed by atoms with Gasteiger partial charge in [-0.2, -0.15) is 0 Å². The predicted octanol–water partition coefficient (Wildman–Crippen LogP) is 0.823. The zero-order valence-electron chi connectivity index (χ0n) is 5.82. The van der Waals surface area contributed by atoms with E-state index in [1.165, 1.54) is 17.6 Å². The molecular weight excluding hydrogens is 191 g/mol. The molecule has 0 unspecified atom stereocenters. The van der Waals surface area contributed by atoms with E-state index in [0.717, 1.165) is 0 Å². The molecule has 10 heavy (non-hydrogen) atoms. The molecule has 0 saturated carbocycles. The zero-order chi connectivity index (χ0) is 8.62. The Morgan fingerprint density at radius 1 is 1.40 bits per heavy atom. The van der Waals surface area contributed by atoms with Crippen LogP contribution in [0.1, 0.15) is 19.8 Å². The van der Waals surface area contributed by atoms with Crippen molar-refractivity contribution >= 4 is 7.82 Å². The minimum Gasteiger partial charge on any atom is -0.303 e. The third kappa shape index (κ3) is 67.7. The minimum atomic E-state index is -4.64. The molecule has 0 atom stereocenters. The molecule has 61 valence electrons. The van der Waals surface area contributed by atoms with Gasteiger partial charge in [0.05, 0.1) is 0 Å². The topological polar surface area (TPSA) is 77.8 Å². The van der Waals surface area contributed by atoms with Crippen LogP contribution in [0.4, 0.5) is 0 Å². The van der Waals surface area contributed by atoms with Gasteiger partial charge in [-0.05, 0) is 0 Å². The van der Waals surface area contributed by atoms with Gasteiger partial charge in [0.2, 0.25) is 0 Å². The summed E-state index contributed by atoms with van der Waals surface area (Å²) in [6, 6.07) is 0. The van der Waals surface area contributed by atoms with Crippen LogP contribution >= 0.6 is 7.82 Å². The van der Waals surface area contributed by atoms with E-state index in [-0.39, 0.29) is 0 Å². The largest absolute Gasteiger partial charge is 0.466 e. The van der Waals surface area contributed by atoms with Crippen LogP contribution in [0.25, 0.3) is 0 Å². The summed E-state index contributed by atoms with van der Waals surface area (Å²) in [6.45, 7) is 2.21. The van der Waals surface area contributed by atoms with E-state index in [1.807, 2.05) is 0 Å². The number of rotatable bonds is 2. The predicted molar refractivity (Wildman–Crippen MR) is 34.0 cm³/mol. The van der Waals surface area contributed by atoms with Gasteiger partial charge in [0.15, 0.2) is 0 Å². The third-order valence-corrected chi connectivity index (χ3v) is 1.08. The van der Waals surface area contributed by atoms with Gasteiger partial charge in [0.1, 0.15) is 0 Å². The first-order chi connectivity index (χ1) is 4.41. The maximum absolute atomic E-state index is 8.88. The molecule has 0 fully saturated rings. The summed E-state index contributed by atoms with van der Waals surface area (Å²) in [4.78, 5) is 21.6. The zero-order valence-corrected chi connectivity index (χ0v) is 8.27. The number of hydrogen-bond acceptors (Lipinski definition) is 1. The maximum atomic E-state index is 8.88. The van der Waals surface area contributed by atoms with E-state index in [2.05, 4.69) is 27.4 Å². The summed E-state index contributed by atoms with van der Waals surface area (Å²) < 4.78 is 10.2. The van der Waals surface area contributed by atoms with E-state index in [9.17, 15) is 0 Å². The molecule has 0 radical (unpaired) electrons. The molecule has 0 aliphatic carbocycles. The molecule has 0 aliphatic rings. The second-order valence-corrected chi connectivity index (χ2v) is 3.42. The van der Waals surface area contributed by atoms with E-state index in [4.69, 9.17) is 19.2 Å². The van der Waals surface area contributed by atoms with Crippen molar-refractivity contribution in [2.45, 2.75) is 24.5 Å². The minimum absolute atomic E-state index is 1.34. The first-order valence-corrected chi connectivity index (χ1v) is 5.51. The van der Waals surface area contributed by atoms with E-state index >= 15 is 0 Å². The Kier molecular flexibility index (Phi) is 10.6. The molecule has 0 aromatic rings. The fraction of sp³-hybridized carbons (Fsp3) is 1.00. The monoisotopic (exact) mass is 203 g/mol. The second kappa shape index (κ2) is 7.93. The summed E-state index contributed by atoms with van der Waals surface area (Å²) in [7, 11) is -4.64. The summed E-state index contributed by atoms with van der Waals surface area (Å²) in [5.41, 5.74) is 0. The SMILES string of the molecule is CCC[CH2][Ti].O=P(O)(O)O. The van der Waals surface area contributed by atoms with E-state index in [1.54, 1.807) is 0 Å². The Labute approximate surface area is 72.3 Å². The molecule has 3 N–H and O–H groups in total. The fourth-order valence-electron chi connectivity index (χ4n) is 0.177. The number of hydrogen-bond donors (Lipinski definition) is 3. The van der Waals surface area contributed by atoms with Crippen molar-refractivity contribution in [1.82, 2.24) is 0 Å². The van der Waals surface area contributed by atoms with Crippen molar-refractivity contribution in [2.24, 2.45) is 0 Å². The van der Waals surface area contributed by atoms with Gasteiger partial charge in [-0.25, -0.2) is 4.57 Å². The van der Waals surface area contributed by atoms with Gasteiger partial charge in [0.25, 0.3) is 0 Å². The van der Waals surface area contributed by atoms with Crippen LogP contribution in [0.5, 0.6) is 0 Å². The average Bonchev–Trinajstić information content (AvgIpc) is 1.63. The molecule has 0 aliphatic heterocycles. The van der Waals surface area contributed by atoms with Crippen molar-refractivity contribution in [2.75, 3.05) is 0 Å². The molecule has 0 amide bonds. The third-order valence-electron chi connectivity index (χ3n) is 0.530. The molecule has 4 nitrogen and oxygen atoms in total. The molecular formula is C4H12O4PTi. The van der Waals surface area contributed by atoms with Crippen molar-refractivity contribution in [3.8, 4) is 0 Å². The van der Waals surface area contributed by atoms with Gasteiger partial charge < -0.3 is 14.7 Å².